The molecule has 1 rings (SSSR count). The lowest BCUT2D eigenvalue weighted by molar-refractivity contribution is -0.142. The Bertz CT molecular complexity index is 442. The standard InChI is InChI=1S/C12H11Br2NO2/c1-2-17-12(16)11(14)10(13)9-5-3-4-8(6-9)7-15/h3-6,10-11H,2H2,1H3. The summed E-state index contributed by atoms with van der Waals surface area (Å²) in [5.41, 5.74) is 1.43. The lowest BCUT2D eigenvalue weighted by Gasteiger charge is -2.15. The number of alkyl halides is 2. The minimum atomic E-state index is -0.476. The average Bonchev–Trinajstić information content (AvgIpc) is 2.37. The molecule has 0 saturated carbocycles. The van der Waals surface area contributed by atoms with E-state index in [1.807, 2.05) is 6.07 Å². The van der Waals surface area contributed by atoms with E-state index in [9.17, 15) is 4.79 Å². The third-order valence-corrected chi connectivity index (χ3v) is 4.77. The molecule has 1 aromatic carbocycles. The minimum Gasteiger partial charge on any atom is -0.465 e. The highest BCUT2D eigenvalue weighted by molar-refractivity contribution is 9.12. The molecule has 1 aromatic rings. The van der Waals surface area contributed by atoms with E-state index in [4.69, 9.17) is 10.00 Å². The first-order valence-corrected chi connectivity index (χ1v) is 6.88. The summed E-state index contributed by atoms with van der Waals surface area (Å²) in [7, 11) is 0. The van der Waals surface area contributed by atoms with Gasteiger partial charge in [0.05, 0.1) is 23.1 Å². The Labute approximate surface area is 117 Å². The summed E-state index contributed by atoms with van der Waals surface area (Å²) in [6.45, 7) is 2.11. The molecular weight excluding hydrogens is 350 g/mol. The van der Waals surface area contributed by atoms with E-state index in [1.165, 1.54) is 0 Å². The molecule has 0 N–H and O–H groups in total. The molecule has 0 aliphatic heterocycles. The van der Waals surface area contributed by atoms with Crippen LogP contribution in [0.5, 0.6) is 0 Å². The summed E-state index contributed by atoms with van der Waals surface area (Å²) in [5, 5.41) is 8.81. The van der Waals surface area contributed by atoms with Gasteiger partial charge >= 0.3 is 5.97 Å². The summed E-state index contributed by atoms with van der Waals surface area (Å²) in [4.78, 5) is 10.8. The van der Waals surface area contributed by atoms with Crippen molar-refractivity contribution in [1.29, 1.82) is 5.26 Å². The maximum absolute atomic E-state index is 11.5. The molecule has 17 heavy (non-hydrogen) atoms. The first-order valence-electron chi connectivity index (χ1n) is 5.05. The molecule has 0 bridgehead atoms. The number of nitriles is 1. The van der Waals surface area contributed by atoms with Crippen molar-refractivity contribution in [3.63, 3.8) is 0 Å². The number of hydrogen-bond donors (Lipinski definition) is 0. The largest absolute Gasteiger partial charge is 0.465 e. The van der Waals surface area contributed by atoms with Crippen molar-refractivity contribution < 1.29 is 9.53 Å². The van der Waals surface area contributed by atoms with Crippen LogP contribution in [0.2, 0.25) is 0 Å². The molecule has 2 unspecified atom stereocenters. The van der Waals surface area contributed by atoms with E-state index in [1.54, 1.807) is 25.1 Å². The third-order valence-electron chi connectivity index (χ3n) is 2.10. The second kappa shape index (κ2) is 6.77. The molecule has 0 radical (unpaired) electrons. The van der Waals surface area contributed by atoms with Gasteiger partial charge in [-0.2, -0.15) is 5.26 Å². The minimum absolute atomic E-state index is 0.227. The summed E-state index contributed by atoms with van der Waals surface area (Å²) in [6, 6.07) is 9.16. The van der Waals surface area contributed by atoms with Gasteiger partial charge in [0.2, 0.25) is 0 Å². The van der Waals surface area contributed by atoms with Gasteiger partial charge in [0.25, 0.3) is 0 Å². The number of benzene rings is 1. The van der Waals surface area contributed by atoms with Gasteiger partial charge in [0.1, 0.15) is 4.83 Å². The van der Waals surface area contributed by atoms with Gasteiger partial charge in [-0.3, -0.25) is 4.79 Å². The Morgan fingerprint density at radius 3 is 2.82 bits per heavy atom. The highest BCUT2D eigenvalue weighted by Gasteiger charge is 2.26. The molecule has 0 heterocycles. The fourth-order valence-corrected chi connectivity index (χ4v) is 2.23. The van der Waals surface area contributed by atoms with Crippen molar-refractivity contribution in [2.75, 3.05) is 6.61 Å². The number of halogens is 2. The van der Waals surface area contributed by atoms with Crippen LogP contribution in [0.25, 0.3) is 0 Å². The van der Waals surface area contributed by atoms with E-state index >= 15 is 0 Å². The smallest absolute Gasteiger partial charge is 0.321 e. The normalized spacial score (nSPS) is 13.5. The third kappa shape index (κ3) is 3.83. The van der Waals surface area contributed by atoms with Crippen LogP contribution >= 0.6 is 31.9 Å². The van der Waals surface area contributed by atoms with Crippen LogP contribution in [0, 0.1) is 11.3 Å². The predicted octanol–water partition coefficient (Wildman–Crippen LogP) is 3.32. The van der Waals surface area contributed by atoms with Crippen LogP contribution in [-0.4, -0.2) is 17.4 Å². The van der Waals surface area contributed by atoms with E-state index in [0.29, 0.717) is 12.2 Å². The van der Waals surface area contributed by atoms with E-state index in [-0.39, 0.29) is 10.8 Å². The van der Waals surface area contributed by atoms with Gasteiger partial charge in [-0.15, -0.1) is 0 Å². The zero-order valence-corrected chi connectivity index (χ0v) is 12.4. The Morgan fingerprint density at radius 2 is 2.24 bits per heavy atom. The summed E-state index contributed by atoms with van der Waals surface area (Å²) >= 11 is 6.72. The van der Waals surface area contributed by atoms with Gasteiger partial charge < -0.3 is 4.74 Å². The molecule has 0 saturated heterocycles. The van der Waals surface area contributed by atoms with Crippen LogP contribution in [0.3, 0.4) is 0 Å². The second-order valence-corrected chi connectivity index (χ2v) is 5.27. The molecule has 2 atom stereocenters. The topological polar surface area (TPSA) is 50.1 Å². The van der Waals surface area contributed by atoms with E-state index in [2.05, 4.69) is 37.9 Å². The van der Waals surface area contributed by atoms with E-state index < -0.39 is 4.83 Å². The van der Waals surface area contributed by atoms with Gasteiger partial charge in [0.15, 0.2) is 0 Å². The maximum Gasteiger partial charge on any atom is 0.321 e. The van der Waals surface area contributed by atoms with Crippen molar-refractivity contribution in [2.45, 2.75) is 16.6 Å². The van der Waals surface area contributed by atoms with Crippen LogP contribution < -0.4 is 0 Å². The highest BCUT2D eigenvalue weighted by atomic mass is 79.9. The molecule has 0 aliphatic rings. The average molecular weight is 361 g/mol. The Morgan fingerprint density at radius 1 is 1.53 bits per heavy atom. The fourth-order valence-electron chi connectivity index (χ4n) is 1.29. The van der Waals surface area contributed by atoms with Crippen molar-refractivity contribution in [1.82, 2.24) is 0 Å². The van der Waals surface area contributed by atoms with Crippen LogP contribution in [0.4, 0.5) is 0 Å². The van der Waals surface area contributed by atoms with Crippen LogP contribution in [0.15, 0.2) is 24.3 Å². The first kappa shape index (κ1) is 14.2. The Balaban J connectivity index is 2.85. The number of esters is 1. The van der Waals surface area contributed by atoms with Gasteiger partial charge in [0, 0.05) is 0 Å². The highest BCUT2D eigenvalue weighted by Crippen LogP contribution is 2.32. The number of hydrogen-bond acceptors (Lipinski definition) is 3. The van der Waals surface area contributed by atoms with E-state index in [0.717, 1.165) is 5.56 Å². The molecule has 0 spiro atoms. The molecular formula is C12H11Br2NO2. The predicted molar refractivity (Wildman–Crippen MR) is 72.2 cm³/mol. The molecule has 0 aromatic heterocycles. The maximum atomic E-state index is 11.5. The van der Waals surface area contributed by atoms with Crippen LogP contribution in [0.1, 0.15) is 22.9 Å². The molecule has 3 nitrogen and oxygen atoms in total. The number of carbonyl (C=O) groups excluding carboxylic acids is 1. The Kier molecular flexibility index (Phi) is 5.66. The quantitative estimate of drug-likeness (QED) is 0.611. The number of ether oxygens (including phenoxy) is 1. The second-order valence-electron chi connectivity index (χ2n) is 3.29. The molecule has 90 valence electrons. The van der Waals surface area contributed by atoms with Crippen molar-refractivity contribution >= 4 is 37.8 Å². The first-order chi connectivity index (χ1) is 8.10. The number of rotatable bonds is 4. The molecule has 5 heteroatoms. The Hall–Kier alpha value is -0.860. The molecule has 0 amide bonds. The monoisotopic (exact) mass is 359 g/mol. The zero-order chi connectivity index (χ0) is 12.8. The van der Waals surface area contributed by atoms with Gasteiger partial charge in [-0.1, -0.05) is 44.0 Å². The van der Waals surface area contributed by atoms with Gasteiger partial charge in [-0.05, 0) is 24.6 Å². The van der Waals surface area contributed by atoms with Crippen molar-refractivity contribution in [3.05, 3.63) is 35.4 Å². The molecule has 0 aliphatic carbocycles. The number of carbonyl (C=O) groups is 1. The van der Waals surface area contributed by atoms with Crippen LogP contribution in [-0.2, 0) is 9.53 Å². The molecule has 0 fully saturated rings. The fraction of sp³-hybridized carbons (Fsp3) is 0.333. The zero-order valence-electron chi connectivity index (χ0n) is 9.19. The summed E-state index contributed by atoms with van der Waals surface area (Å²) in [6.07, 6.45) is 0. The van der Waals surface area contributed by atoms with Crippen molar-refractivity contribution in [2.24, 2.45) is 0 Å². The lowest BCUT2D eigenvalue weighted by Crippen LogP contribution is -2.21. The van der Waals surface area contributed by atoms with Gasteiger partial charge in [-0.25, -0.2) is 0 Å². The lowest BCUT2D eigenvalue weighted by atomic mass is 10.1. The number of nitrogens with zero attached hydrogens (tertiary/aromatic N) is 1. The summed E-state index contributed by atoms with van der Waals surface area (Å²) in [5.74, 6) is -0.322. The SMILES string of the molecule is CCOC(=O)C(Br)C(Br)c1cccc(C#N)c1. The summed E-state index contributed by atoms with van der Waals surface area (Å²) < 4.78 is 4.92. The van der Waals surface area contributed by atoms with Crippen molar-refractivity contribution in [3.8, 4) is 6.07 Å².